The number of hydrogen-bond donors (Lipinski definition) is 2. The number of nitrogens with one attached hydrogen (secondary N) is 1. The molecule has 1 aliphatic carbocycles. The zero-order chi connectivity index (χ0) is 22.7. The number of benzene rings is 3. The number of fused-ring (bicyclic) bond motifs is 3. The number of amides is 1. The number of carboxylic acid groups (broad SMARTS) is 1. The number of ether oxygens (including phenoxy) is 1. The predicted molar refractivity (Wildman–Crippen MR) is 118 cm³/mol. The molecule has 1 aliphatic rings. The molecule has 3 aromatic rings. The fourth-order valence-corrected chi connectivity index (χ4v) is 3.82. The second-order valence-corrected chi connectivity index (χ2v) is 7.16. The summed E-state index contributed by atoms with van der Waals surface area (Å²) in [4.78, 5) is 33.8. The summed E-state index contributed by atoms with van der Waals surface area (Å²) in [5.41, 5.74) is 4.21. The standard InChI is InChI=1S/C24H18N2O6/c27-23(28)12-10-15-9-11-21(22(13-15)26(30)31)25-24(29)32-14-20-18-7-3-1-5-16(18)17-6-2-4-8-19(17)20/h1-13,20H,14H2,(H,25,29)(H,27,28)/b12-10+. The number of nitro groups is 1. The Morgan fingerprint density at radius 2 is 1.66 bits per heavy atom. The van der Waals surface area contributed by atoms with Crippen molar-refractivity contribution in [3.63, 3.8) is 0 Å². The van der Waals surface area contributed by atoms with Crippen molar-refractivity contribution in [2.45, 2.75) is 5.92 Å². The maximum Gasteiger partial charge on any atom is 0.411 e. The van der Waals surface area contributed by atoms with Crippen LogP contribution in [0, 0.1) is 10.1 Å². The third kappa shape index (κ3) is 4.20. The van der Waals surface area contributed by atoms with Gasteiger partial charge < -0.3 is 9.84 Å². The third-order valence-corrected chi connectivity index (χ3v) is 5.22. The Hall–Kier alpha value is -4.46. The number of anilines is 1. The van der Waals surface area contributed by atoms with Crippen molar-refractivity contribution in [2.75, 3.05) is 11.9 Å². The molecule has 0 saturated heterocycles. The van der Waals surface area contributed by atoms with E-state index in [1.807, 2.05) is 48.5 Å². The number of nitro benzene ring substituents is 1. The summed E-state index contributed by atoms with van der Waals surface area (Å²) in [6.45, 7) is 0.0765. The molecule has 0 aliphatic heterocycles. The fraction of sp³-hybridized carbons (Fsp3) is 0.0833. The number of rotatable bonds is 6. The Kier molecular flexibility index (Phi) is 5.67. The van der Waals surface area contributed by atoms with Gasteiger partial charge in [0.25, 0.3) is 5.69 Å². The molecule has 0 unspecified atom stereocenters. The Bertz CT molecular complexity index is 1210. The zero-order valence-corrected chi connectivity index (χ0v) is 16.7. The molecule has 1 amide bonds. The van der Waals surface area contributed by atoms with E-state index in [0.29, 0.717) is 5.56 Å². The number of hydrogen-bond acceptors (Lipinski definition) is 5. The summed E-state index contributed by atoms with van der Waals surface area (Å²) in [7, 11) is 0. The first kappa shape index (κ1) is 20.8. The minimum absolute atomic E-state index is 0.0419. The Labute approximate surface area is 182 Å². The minimum atomic E-state index is -1.17. The van der Waals surface area contributed by atoms with Crippen LogP contribution < -0.4 is 5.32 Å². The molecule has 3 aromatic carbocycles. The maximum atomic E-state index is 12.4. The molecule has 0 spiro atoms. The minimum Gasteiger partial charge on any atom is -0.478 e. The van der Waals surface area contributed by atoms with Crippen molar-refractivity contribution in [1.29, 1.82) is 0 Å². The lowest BCUT2D eigenvalue weighted by Gasteiger charge is -2.14. The van der Waals surface area contributed by atoms with Gasteiger partial charge in [-0.2, -0.15) is 0 Å². The van der Waals surface area contributed by atoms with Gasteiger partial charge in [0, 0.05) is 18.1 Å². The van der Waals surface area contributed by atoms with Crippen molar-refractivity contribution < 1.29 is 24.4 Å². The summed E-state index contributed by atoms with van der Waals surface area (Å²) < 4.78 is 5.42. The molecule has 8 heteroatoms. The first-order chi connectivity index (χ1) is 15.4. The van der Waals surface area contributed by atoms with E-state index in [-0.39, 0.29) is 23.9 Å². The molecule has 0 saturated carbocycles. The van der Waals surface area contributed by atoms with Crippen molar-refractivity contribution >= 4 is 29.5 Å². The Balaban J connectivity index is 1.49. The highest BCUT2D eigenvalue weighted by Crippen LogP contribution is 2.44. The third-order valence-electron chi connectivity index (χ3n) is 5.22. The Morgan fingerprint density at radius 3 is 2.25 bits per heavy atom. The van der Waals surface area contributed by atoms with Gasteiger partial charge in [-0.3, -0.25) is 15.4 Å². The van der Waals surface area contributed by atoms with Crippen LogP contribution in [0.2, 0.25) is 0 Å². The molecule has 0 radical (unpaired) electrons. The molecule has 8 nitrogen and oxygen atoms in total. The van der Waals surface area contributed by atoms with E-state index in [0.717, 1.165) is 28.3 Å². The van der Waals surface area contributed by atoms with Crippen LogP contribution in [-0.2, 0) is 9.53 Å². The topological polar surface area (TPSA) is 119 Å². The largest absolute Gasteiger partial charge is 0.478 e. The number of carbonyl (C=O) groups is 2. The smallest absolute Gasteiger partial charge is 0.411 e. The lowest BCUT2D eigenvalue weighted by Crippen LogP contribution is -2.18. The van der Waals surface area contributed by atoms with Crippen LogP contribution in [0.15, 0.2) is 72.8 Å². The second-order valence-electron chi connectivity index (χ2n) is 7.16. The average molecular weight is 430 g/mol. The summed E-state index contributed by atoms with van der Waals surface area (Å²) in [5, 5.41) is 22.5. The molecular formula is C24H18N2O6. The number of nitrogens with zero attached hydrogens (tertiary/aromatic N) is 1. The molecule has 32 heavy (non-hydrogen) atoms. The summed E-state index contributed by atoms with van der Waals surface area (Å²) >= 11 is 0. The van der Waals surface area contributed by atoms with Gasteiger partial charge >= 0.3 is 12.1 Å². The van der Waals surface area contributed by atoms with Crippen LogP contribution in [-0.4, -0.2) is 28.7 Å². The SMILES string of the molecule is O=C(O)/C=C/c1ccc(NC(=O)OCC2c3ccccc3-c3ccccc32)c([N+](=O)[O-])c1. The van der Waals surface area contributed by atoms with Gasteiger partial charge in [-0.05, 0) is 40.0 Å². The van der Waals surface area contributed by atoms with Gasteiger partial charge in [-0.25, -0.2) is 9.59 Å². The van der Waals surface area contributed by atoms with E-state index in [1.54, 1.807) is 0 Å². The van der Waals surface area contributed by atoms with Crippen LogP contribution in [0.5, 0.6) is 0 Å². The van der Waals surface area contributed by atoms with Crippen LogP contribution >= 0.6 is 0 Å². The molecule has 2 N–H and O–H groups in total. The maximum absolute atomic E-state index is 12.4. The van der Waals surface area contributed by atoms with Gasteiger partial charge in [-0.15, -0.1) is 0 Å². The molecule has 0 atom stereocenters. The summed E-state index contributed by atoms with van der Waals surface area (Å²) in [5.74, 6) is -1.31. The molecule has 160 valence electrons. The number of carboxylic acids is 1. The summed E-state index contributed by atoms with van der Waals surface area (Å²) in [6.07, 6.45) is 1.29. The van der Waals surface area contributed by atoms with Crippen molar-refractivity contribution in [2.24, 2.45) is 0 Å². The van der Waals surface area contributed by atoms with Crippen molar-refractivity contribution in [3.8, 4) is 11.1 Å². The highest BCUT2D eigenvalue weighted by atomic mass is 16.6. The second kappa shape index (κ2) is 8.73. The predicted octanol–water partition coefficient (Wildman–Crippen LogP) is 5.05. The van der Waals surface area contributed by atoms with E-state index in [4.69, 9.17) is 9.84 Å². The molecule has 0 fully saturated rings. The van der Waals surface area contributed by atoms with E-state index in [1.165, 1.54) is 24.3 Å². The number of aliphatic carboxylic acids is 1. The van der Waals surface area contributed by atoms with Crippen molar-refractivity contribution in [3.05, 3.63) is 99.6 Å². The Morgan fingerprint density at radius 1 is 1.03 bits per heavy atom. The lowest BCUT2D eigenvalue weighted by molar-refractivity contribution is -0.383. The van der Waals surface area contributed by atoms with E-state index in [2.05, 4.69) is 5.32 Å². The van der Waals surface area contributed by atoms with Crippen LogP contribution in [0.25, 0.3) is 17.2 Å². The van der Waals surface area contributed by atoms with Gasteiger partial charge in [0.1, 0.15) is 12.3 Å². The van der Waals surface area contributed by atoms with Gasteiger partial charge in [-0.1, -0.05) is 54.6 Å². The monoisotopic (exact) mass is 430 g/mol. The first-order valence-electron chi connectivity index (χ1n) is 9.75. The normalized spacial score (nSPS) is 12.2. The van der Waals surface area contributed by atoms with Crippen molar-refractivity contribution in [1.82, 2.24) is 0 Å². The fourth-order valence-electron chi connectivity index (χ4n) is 3.82. The quantitative estimate of drug-likeness (QED) is 0.321. The van der Waals surface area contributed by atoms with Gasteiger partial charge in [0.2, 0.25) is 0 Å². The number of carbonyl (C=O) groups excluding carboxylic acids is 1. The molecule has 0 bridgehead atoms. The molecular weight excluding hydrogens is 412 g/mol. The van der Waals surface area contributed by atoms with Crippen LogP contribution in [0.3, 0.4) is 0 Å². The van der Waals surface area contributed by atoms with E-state index >= 15 is 0 Å². The molecule has 0 aromatic heterocycles. The zero-order valence-electron chi connectivity index (χ0n) is 16.7. The molecule has 4 rings (SSSR count). The average Bonchev–Trinajstić information content (AvgIpc) is 3.10. The molecule has 0 heterocycles. The summed E-state index contributed by atoms with van der Waals surface area (Å²) in [6, 6.07) is 19.8. The van der Waals surface area contributed by atoms with E-state index in [9.17, 15) is 19.7 Å². The van der Waals surface area contributed by atoms with Gasteiger partial charge in [0.15, 0.2) is 0 Å². The highest BCUT2D eigenvalue weighted by Gasteiger charge is 2.29. The van der Waals surface area contributed by atoms with Crippen LogP contribution in [0.1, 0.15) is 22.6 Å². The van der Waals surface area contributed by atoms with E-state index < -0.39 is 17.0 Å². The van der Waals surface area contributed by atoms with Gasteiger partial charge in [0.05, 0.1) is 4.92 Å². The lowest BCUT2D eigenvalue weighted by atomic mass is 9.98. The van der Waals surface area contributed by atoms with Crippen LogP contribution in [0.4, 0.5) is 16.2 Å². The first-order valence-corrected chi connectivity index (χ1v) is 9.75. The highest BCUT2D eigenvalue weighted by molar-refractivity contribution is 5.89.